The molecule has 0 radical (unpaired) electrons. The second-order valence-corrected chi connectivity index (χ2v) is 11.3. The molecule has 0 heterocycles. The van der Waals surface area contributed by atoms with Crippen molar-refractivity contribution in [1.29, 1.82) is 0 Å². The van der Waals surface area contributed by atoms with E-state index in [1.165, 1.54) is 43.2 Å². The van der Waals surface area contributed by atoms with Crippen LogP contribution in [0.1, 0.15) is 48.8 Å². The number of fused-ring (bicyclic) bond motifs is 1. The lowest BCUT2D eigenvalue weighted by Gasteiger charge is -2.66. The van der Waals surface area contributed by atoms with Crippen LogP contribution in [0.2, 0.25) is 0 Å². The molecule has 3 aromatic rings. The SMILES string of the molecule is COc1ccccc1-c1ccccc1N=Cc1cc(C)cc(C23CC4CC5CC(C2)C54C3)c1O.ClI. The predicted molar refractivity (Wildman–Crippen MR) is 156 cm³/mol. The molecule has 3 nitrogen and oxygen atoms in total. The maximum Gasteiger partial charge on any atom is 0.128 e. The Morgan fingerprint density at radius 2 is 1.64 bits per heavy atom. The van der Waals surface area contributed by atoms with Gasteiger partial charge in [-0.1, -0.05) is 42.5 Å². The molecular weight excluding hydrogens is 581 g/mol. The quantitative estimate of drug-likeness (QED) is 0.231. The highest BCUT2D eigenvalue weighted by molar-refractivity contribution is 14.1. The highest BCUT2D eigenvalue weighted by Crippen LogP contribution is 2.84. The topological polar surface area (TPSA) is 41.8 Å². The Bertz CT molecular complexity index is 1340. The monoisotopic (exact) mass is 611 g/mol. The van der Waals surface area contributed by atoms with Gasteiger partial charge in [0.25, 0.3) is 0 Å². The van der Waals surface area contributed by atoms with Gasteiger partial charge in [0.1, 0.15) is 11.5 Å². The number of benzene rings is 3. The van der Waals surface area contributed by atoms with Gasteiger partial charge >= 0.3 is 0 Å². The molecule has 4 aliphatic carbocycles. The lowest BCUT2D eigenvalue weighted by atomic mass is 9.38. The van der Waals surface area contributed by atoms with E-state index in [0.29, 0.717) is 11.2 Å². The number of nitrogens with zero attached hydrogens (tertiary/aromatic N) is 1. The summed E-state index contributed by atoms with van der Waals surface area (Å²) in [5.41, 5.74) is 6.93. The molecule has 186 valence electrons. The highest BCUT2D eigenvalue weighted by atomic mass is 127. The average Bonchev–Trinajstić information content (AvgIpc) is 3.39. The van der Waals surface area contributed by atoms with Gasteiger partial charge in [-0.05, 0) is 94.9 Å². The summed E-state index contributed by atoms with van der Waals surface area (Å²) < 4.78 is 5.59. The van der Waals surface area contributed by atoms with Crippen LogP contribution in [0.25, 0.3) is 11.1 Å². The van der Waals surface area contributed by atoms with Gasteiger partial charge in [0.2, 0.25) is 0 Å². The maximum atomic E-state index is 11.5. The maximum absolute atomic E-state index is 11.5. The number of rotatable bonds is 5. The summed E-state index contributed by atoms with van der Waals surface area (Å²) in [6, 6.07) is 20.5. The van der Waals surface area contributed by atoms with Crippen LogP contribution in [-0.4, -0.2) is 18.4 Å². The molecule has 36 heavy (non-hydrogen) atoms. The number of aliphatic imine (C=N–C) groups is 1. The molecular formula is C31H31ClINO2. The lowest BCUT2D eigenvalue weighted by molar-refractivity contribution is -0.175. The molecule has 4 aliphatic rings. The number of aromatic hydroxyl groups is 1. The van der Waals surface area contributed by atoms with Crippen LogP contribution in [-0.2, 0) is 5.41 Å². The number of methoxy groups -OCH3 is 1. The molecule has 5 heteroatoms. The molecule has 2 bridgehead atoms. The van der Waals surface area contributed by atoms with E-state index in [9.17, 15) is 5.11 Å². The van der Waals surface area contributed by atoms with E-state index < -0.39 is 0 Å². The number of hydrogen-bond acceptors (Lipinski definition) is 3. The first-order valence-electron chi connectivity index (χ1n) is 12.8. The largest absolute Gasteiger partial charge is 0.507 e. The zero-order valence-electron chi connectivity index (χ0n) is 20.7. The predicted octanol–water partition coefficient (Wildman–Crippen LogP) is 8.78. The summed E-state index contributed by atoms with van der Waals surface area (Å²) in [5, 5.41) is 11.5. The third kappa shape index (κ3) is 3.39. The van der Waals surface area contributed by atoms with Crippen LogP contribution in [0.5, 0.6) is 11.5 Å². The molecule has 4 saturated carbocycles. The van der Waals surface area contributed by atoms with Gasteiger partial charge in [-0.15, -0.1) is 0 Å². The molecule has 0 saturated heterocycles. The molecule has 1 N–H and O–H groups in total. The van der Waals surface area contributed by atoms with Crippen molar-refractivity contribution in [2.24, 2.45) is 28.2 Å². The van der Waals surface area contributed by atoms with E-state index in [-0.39, 0.29) is 5.41 Å². The van der Waals surface area contributed by atoms with E-state index in [2.05, 4.69) is 40.1 Å². The van der Waals surface area contributed by atoms with Crippen LogP contribution in [0.3, 0.4) is 0 Å². The zero-order chi connectivity index (χ0) is 25.1. The first-order valence-corrected chi connectivity index (χ1v) is 15.5. The Balaban J connectivity index is 0.00000117. The molecule has 0 aromatic heterocycles. The van der Waals surface area contributed by atoms with Gasteiger partial charge in [0.15, 0.2) is 0 Å². The van der Waals surface area contributed by atoms with Crippen molar-refractivity contribution in [1.82, 2.24) is 0 Å². The molecule has 0 amide bonds. The molecule has 3 aromatic carbocycles. The summed E-state index contributed by atoms with van der Waals surface area (Å²) in [7, 11) is 6.31. The van der Waals surface area contributed by atoms with Crippen molar-refractivity contribution in [3.05, 3.63) is 77.4 Å². The highest BCUT2D eigenvalue weighted by Gasteiger charge is 2.77. The van der Waals surface area contributed by atoms with Crippen molar-refractivity contribution in [2.75, 3.05) is 7.11 Å². The Labute approximate surface area is 230 Å². The summed E-state index contributed by atoms with van der Waals surface area (Å²) >= 11 is 1.62. The van der Waals surface area contributed by atoms with Gasteiger partial charge < -0.3 is 9.84 Å². The number of hydrogen-bond donors (Lipinski definition) is 1. The van der Waals surface area contributed by atoms with Crippen molar-refractivity contribution >= 4 is 42.3 Å². The fourth-order valence-corrected chi connectivity index (χ4v) is 8.52. The van der Waals surface area contributed by atoms with E-state index in [1.807, 2.05) is 42.6 Å². The summed E-state index contributed by atoms with van der Waals surface area (Å²) in [5.74, 6) is 4.05. The minimum atomic E-state index is 0.175. The Morgan fingerprint density at radius 1 is 0.972 bits per heavy atom. The van der Waals surface area contributed by atoms with Crippen LogP contribution < -0.4 is 4.74 Å². The van der Waals surface area contributed by atoms with Crippen molar-refractivity contribution in [3.8, 4) is 22.6 Å². The van der Waals surface area contributed by atoms with Crippen LogP contribution in [0.4, 0.5) is 5.69 Å². The normalized spacial score (nSPS) is 30.7. The number of phenols is 1. The fourth-order valence-electron chi connectivity index (χ4n) is 8.52. The van der Waals surface area contributed by atoms with Crippen LogP contribution in [0.15, 0.2) is 65.7 Å². The number of halogens is 2. The zero-order valence-corrected chi connectivity index (χ0v) is 23.6. The van der Waals surface area contributed by atoms with Gasteiger partial charge in [0, 0.05) is 55.3 Å². The number of phenolic OH excluding ortho intramolecular Hbond substituents is 1. The van der Waals surface area contributed by atoms with Crippen molar-refractivity contribution in [2.45, 2.75) is 44.4 Å². The molecule has 0 aliphatic heterocycles. The average molecular weight is 612 g/mol. The molecule has 4 fully saturated rings. The lowest BCUT2D eigenvalue weighted by Crippen LogP contribution is -2.59. The molecule has 7 rings (SSSR count). The fraction of sp³-hybridized carbons (Fsp3) is 0.387. The molecule has 1 spiro atoms. The van der Waals surface area contributed by atoms with Gasteiger partial charge in [0.05, 0.1) is 12.8 Å². The first-order chi connectivity index (χ1) is 17.5. The van der Waals surface area contributed by atoms with E-state index in [1.54, 1.807) is 28.6 Å². The number of para-hydroxylation sites is 2. The first kappa shape index (κ1) is 24.3. The van der Waals surface area contributed by atoms with E-state index in [4.69, 9.17) is 9.73 Å². The number of ether oxygens (including phenoxy) is 1. The second kappa shape index (κ2) is 9.05. The van der Waals surface area contributed by atoms with Crippen molar-refractivity contribution < 1.29 is 9.84 Å². The number of aryl methyl sites for hydroxylation is 1. The van der Waals surface area contributed by atoms with Crippen LogP contribution >= 0.6 is 30.4 Å². The van der Waals surface area contributed by atoms with Gasteiger partial charge in [-0.2, -0.15) is 0 Å². The minimum absolute atomic E-state index is 0.175. The Kier molecular flexibility index (Phi) is 6.11. The van der Waals surface area contributed by atoms with Crippen LogP contribution in [0, 0.1) is 30.1 Å². The Morgan fingerprint density at radius 3 is 2.31 bits per heavy atom. The summed E-state index contributed by atoms with van der Waals surface area (Å²) in [4.78, 5) is 4.88. The summed E-state index contributed by atoms with van der Waals surface area (Å²) in [6.45, 7) is 2.15. The second-order valence-electron chi connectivity index (χ2n) is 11.3. The van der Waals surface area contributed by atoms with Gasteiger partial charge in [-0.3, -0.25) is 4.99 Å². The standard InChI is InChI=1S/C31H31NO2.ClI/c1-19-11-20(17-32-27-9-5-3-7-24(27)25-8-4-6-10-28(25)34-2)29(33)26(12-19)30-15-22-13-21-14-23(16-30)31(21,22)18-30;1-2/h3-12,17,21-23,33H,13-16,18H2,1-2H3;. The third-order valence-electron chi connectivity index (χ3n) is 9.84. The minimum Gasteiger partial charge on any atom is -0.507 e. The molecule has 2 unspecified atom stereocenters. The molecule has 2 atom stereocenters. The van der Waals surface area contributed by atoms with Gasteiger partial charge in [-0.25, -0.2) is 0 Å². The summed E-state index contributed by atoms with van der Waals surface area (Å²) in [6.07, 6.45) is 8.54. The van der Waals surface area contributed by atoms with E-state index >= 15 is 0 Å². The Hall–Kier alpha value is -2.05. The smallest absolute Gasteiger partial charge is 0.128 e. The van der Waals surface area contributed by atoms with Crippen molar-refractivity contribution in [3.63, 3.8) is 0 Å². The third-order valence-corrected chi connectivity index (χ3v) is 9.84. The van der Waals surface area contributed by atoms with E-state index in [0.717, 1.165) is 45.9 Å².